The lowest BCUT2D eigenvalue weighted by Crippen LogP contribution is -2.55. The third kappa shape index (κ3) is 3.23. The number of aromatic nitrogens is 2. The van der Waals surface area contributed by atoms with Crippen molar-refractivity contribution in [2.45, 2.75) is 38.3 Å². The van der Waals surface area contributed by atoms with E-state index in [-0.39, 0.29) is 23.8 Å². The maximum Gasteiger partial charge on any atom is 0.326 e. The highest BCUT2D eigenvalue weighted by Gasteiger charge is 2.29. The molecule has 0 bridgehead atoms. The number of carbonyl (C=O) groups excluding carboxylic acids is 1. The Morgan fingerprint density at radius 2 is 1.96 bits per heavy atom. The van der Waals surface area contributed by atoms with Crippen LogP contribution in [0.3, 0.4) is 0 Å². The molecule has 2 saturated heterocycles. The number of aromatic amines is 1. The molecule has 3 heterocycles. The molecule has 2 aliphatic rings. The van der Waals surface area contributed by atoms with Gasteiger partial charge in [-0.25, -0.2) is 9.59 Å². The van der Waals surface area contributed by atoms with Crippen molar-refractivity contribution in [3.05, 3.63) is 34.7 Å². The van der Waals surface area contributed by atoms with Crippen LogP contribution in [-0.4, -0.2) is 52.7 Å². The average molecular weight is 357 g/mol. The highest BCUT2D eigenvalue weighted by atomic mass is 16.2. The Balaban J connectivity index is 1.40. The van der Waals surface area contributed by atoms with Gasteiger partial charge in [-0.05, 0) is 43.9 Å². The SMILES string of the molecule is CC1CCNCC1NC(=O)N1CCC(n2c(=O)[nH]c3ccccc32)CC1. The summed E-state index contributed by atoms with van der Waals surface area (Å²) in [5.74, 6) is 0.502. The molecule has 2 aliphatic heterocycles. The summed E-state index contributed by atoms with van der Waals surface area (Å²) in [5.41, 5.74) is 1.76. The number of rotatable bonds is 2. The topological polar surface area (TPSA) is 82.2 Å². The zero-order chi connectivity index (χ0) is 18.1. The number of hydrogen-bond acceptors (Lipinski definition) is 3. The zero-order valence-electron chi connectivity index (χ0n) is 15.2. The van der Waals surface area contributed by atoms with Crippen molar-refractivity contribution < 1.29 is 4.79 Å². The first-order valence-corrected chi connectivity index (χ1v) is 9.59. The summed E-state index contributed by atoms with van der Waals surface area (Å²) in [7, 11) is 0. The van der Waals surface area contributed by atoms with Crippen molar-refractivity contribution in [2.75, 3.05) is 26.2 Å². The molecule has 26 heavy (non-hydrogen) atoms. The highest BCUT2D eigenvalue weighted by molar-refractivity contribution is 5.76. The Hall–Kier alpha value is -2.28. The van der Waals surface area contributed by atoms with Gasteiger partial charge in [0.1, 0.15) is 0 Å². The molecule has 2 amide bonds. The molecule has 2 aromatic rings. The van der Waals surface area contributed by atoms with Crippen LogP contribution in [0.4, 0.5) is 4.79 Å². The van der Waals surface area contributed by atoms with Gasteiger partial charge in [-0.15, -0.1) is 0 Å². The summed E-state index contributed by atoms with van der Waals surface area (Å²) in [5, 5.41) is 6.53. The molecule has 2 unspecified atom stereocenters. The first-order valence-electron chi connectivity index (χ1n) is 9.59. The largest absolute Gasteiger partial charge is 0.334 e. The van der Waals surface area contributed by atoms with Crippen molar-refractivity contribution in [1.82, 2.24) is 25.1 Å². The maximum atomic E-state index is 12.6. The van der Waals surface area contributed by atoms with Gasteiger partial charge in [0.05, 0.1) is 11.0 Å². The number of fused-ring (bicyclic) bond motifs is 1. The number of carbonyl (C=O) groups is 1. The van der Waals surface area contributed by atoms with Gasteiger partial charge in [-0.1, -0.05) is 19.1 Å². The highest BCUT2D eigenvalue weighted by Crippen LogP contribution is 2.25. The minimum absolute atomic E-state index is 0.0234. The third-order valence-electron chi connectivity index (χ3n) is 5.88. The van der Waals surface area contributed by atoms with Crippen LogP contribution < -0.4 is 16.3 Å². The van der Waals surface area contributed by atoms with Crippen molar-refractivity contribution in [3.8, 4) is 0 Å². The summed E-state index contributed by atoms with van der Waals surface area (Å²) >= 11 is 0. The van der Waals surface area contributed by atoms with Gasteiger partial charge in [-0.2, -0.15) is 0 Å². The van der Waals surface area contributed by atoms with E-state index in [1.165, 1.54) is 0 Å². The Labute approximate surface area is 152 Å². The first kappa shape index (κ1) is 17.1. The van der Waals surface area contributed by atoms with E-state index < -0.39 is 0 Å². The number of piperidine rings is 2. The Kier molecular flexibility index (Phi) is 4.72. The fraction of sp³-hybridized carbons (Fsp3) is 0.579. The van der Waals surface area contributed by atoms with E-state index in [2.05, 4.69) is 22.5 Å². The van der Waals surface area contributed by atoms with Gasteiger partial charge < -0.3 is 20.5 Å². The van der Waals surface area contributed by atoms with E-state index in [4.69, 9.17) is 0 Å². The van der Waals surface area contributed by atoms with Gasteiger partial charge in [0.2, 0.25) is 0 Å². The number of nitrogens with zero attached hydrogens (tertiary/aromatic N) is 2. The smallest absolute Gasteiger partial charge is 0.326 e. The van der Waals surface area contributed by atoms with E-state index in [0.717, 1.165) is 43.4 Å². The quantitative estimate of drug-likeness (QED) is 0.765. The first-order chi connectivity index (χ1) is 12.6. The van der Waals surface area contributed by atoms with Crippen LogP contribution in [0.25, 0.3) is 11.0 Å². The Morgan fingerprint density at radius 1 is 1.19 bits per heavy atom. The fourth-order valence-corrected chi connectivity index (χ4v) is 4.20. The second kappa shape index (κ2) is 7.15. The van der Waals surface area contributed by atoms with Crippen LogP contribution >= 0.6 is 0 Å². The molecule has 4 rings (SSSR count). The molecular weight excluding hydrogens is 330 g/mol. The van der Waals surface area contributed by atoms with Crippen LogP contribution in [-0.2, 0) is 0 Å². The van der Waals surface area contributed by atoms with Crippen molar-refractivity contribution in [3.63, 3.8) is 0 Å². The van der Waals surface area contributed by atoms with Crippen molar-refractivity contribution in [1.29, 1.82) is 0 Å². The number of urea groups is 1. The van der Waals surface area contributed by atoms with Gasteiger partial charge >= 0.3 is 11.7 Å². The minimum Gasteiger partial charge on any atom is -0.334 e. The van der Waals surface area contributed by atoms with Gasteiger partial charge in [0.15, 0.2) is 0 Å². The Bertz CT molecular complexity index is 834. The molecule has 0 radical (unpaired) electrons. The molecular formula is C19H27N5O2. The molecule has 0 saturated carbocycles. The maximum absolute atomic E-state index is 12.6. The molecule has 7 heteroatoms. The van der Waals surface area contributed by atoms with Crippen molar-refractivity contribution in [2.24, 2.45) is 5.92 Å². The number of likely N-dealkylation sites (tertiary alicyclic amines) is 1. The second-order valence-corrected chi connectivity index (χ2v) is 7.56. The molecule has 1 aromatic carbocycles. The molecule has 2 atom stereocenters. The van der Waals surface area contributed by atoms with E-state index in [1.54, 1.807) is 0 Å². The van der Waals surface area contributed by atoms with Crippen LogP contribution in [0.15, 0.2) is 29.1 Å². The molecule has 2 fully saturated rings. The van der Waals surface area contributed by atoms with Gasteiger partial charge in [-0.3, -0.25) is 4.57 Å². The molecule has 3 N–H and O–H groups in total. The van der Waals surface area contributed by atoms with Crippen LogP contribution in [0.5, 0.6) is 0 Å². The number of amides is 2. The fourth-order valence-electron chi connectivity index (χ4n) is 4.20. The van der Waals surface area contributed by atoms with Crippen LogP contribution in [0.1, 0.15) is 32.2 Å². The van der Waals surface area contributed by atoms with Gasteiger partial charge in [0.25, 0.3) is 0 Å². The molecule has 1 aromatic heterocycles. The van der Waals surface area contributed by atoms with Crippen LogP contribution in [0.2, 0.25) is 0 Å². The summed E-state index contributed by atoms with van der Waals surface area (Å²) in [6, 6.07) is 8.14. The average Bonchev–Trinajstić information content (AvgIpc) is 2.99. The number of nitrogens with one attached hydrogen (secondary N) is 3. The number of hydrogen-bond donors (Lipinski definition) is 3. The predicted octanol–water partition coefficient (Wildman–Crippen LogP) is 1.67. The number of para-hydroxylation sites is 2. The predicted molar refractivity (Wildman–Crippen MR) is 101 cm³/mol. The monoisotopic (exact) mass is 357 g/mol. The standard InChI is InChI=1S/C19H27N5O2/c1-13-6-9-20-12-16(13)22-18(25)23-10-7-14(8-11-23)24-17-5-3-2-4-15(17)21-19(24)26/h2-5,13-14,16,20H,6-12H2,1H3,(H,21,26)(H,22,25). The second-order valence-electron chi connectivity index (χ2n) is 7.56. The van der Waals surface area contributed by atoms with E-state index in [1.807, 2.05) is 33.7 Å². The van der Waals surface area contributed by atoms with E-state index in [9.17, 15) is 9.59 Å². The normalized spacial score (nSPS) is 24.7. The zero-order valence-corrected chi connectivity index (χ0v) is 15.2. The molecule has 7 nitrogen and oxygen atoms in total. The van der Waals surface area contributed by atoms with E-state index in [0.29, 0.717) is 19.0 Å². The summed E-state index contributed by atoms with van der Waals surface area (Å²) in [6.07, 6.45) is 2.69. The minimum atomic E-state index is -0.0591. The third-order valence-corrected chi connectivity index (χ3v) is 5.88. The van der Waals surface area contributed by atoms with Crippen molar-refractivity contribution >= 4 is 17.1 Å². The summed E-state index contributed by atoms with van der Waals surface area (Å²) in [4.78, 5) is 29.8. The van der Waals surface area contributed by atoms with E-state index >= 15 is 0 Å². The van der Waals surface area contributed by atoms with Crippen LogP contribution in [0, 0.1) is 5.92 Å². The lowest BCUT2D eigenvalue weighted by Gasteiger charge is -2.36. The number of H-pyrrole nitrogens is 1. The summed E-state index contributed by atoms with van der Waals surface area (Å²) < 4.78 is 1.86. The van der Waals surface area contributed by atoms with Gasteiger partial charge in [0, 0.05) is 31.7 Å². The Morgan fingerprint density at radius 3 is 2.73 bits per heavy atom. The number of imidazole rings is 1. The summed E-state index contributed by atoms with van der Waals surface area (Å²) in [6.45, 7) is 5.42. The lowest BCUT2D eigenvalue weighted by molar-refractivity contribution is 0.162. The molecule has 140 valence electrons. The molecule has 0 spiro atoms. The molecule has 0 aliphatic carbocycles. The number of benzene rings is 1. The lowest BCUT2D eigenvalue weighted by atomic mass is 9.95.